The van der Waals surface area contributed by atoms with Gasteiger partial charge in [0.2, 0.25) is 0 Å². The van der Waals surface area contributed by atoms with Crippen molar-refractivity contribution in [3.8, 4) is 33.4 Å². The van der Waals surface area contributed by atoms with Gasteiger partial charge in [0, 0.05) is 10.8 Å². The Morgan fingerprint density at radius 1 is 0.309 bits per heavy atom. The molecule has 0 spiro atoms. The molecule has 250 valence electrons. The van der Waals surface area contributed by atoms with Crippen LogP contribution >= 0.6 is 0 Å². The predicted molar refractivity (Wildman–Crippen MR) is 265 cm³/mol. The fourth-order valence-electron chi connectivity index (χ4n) is 9.63. The molecule has 10 rings (SSSR count). The van der Waals surface area contributed by atoms with E-state index in [0.29, 0.717) is 0 Å². The van der Waals surface area contributed by atoms with Gasteiger partial charge in [-0.05, 0) is 113 Å². The highest BCUT2D eigenvalue weighted by atomic mass is 16.3. The maximum absolute atomic E-state index is 6.54. The highest BCUT2D eigenvalue weighted by Gasteiger charge is 2.26. The molecular formula is C46H36B8O. The van der Waals surface area contributed by atoms with Gasteiger partial charge in [-0.3, -0.25) is 0 Å². The molecule has 0 fully saturated rings. The summed E-state index contributed by atoms with van der Waals surface area (Å²) >= 11 is 0. The molecule has 0 unspecified atom stereocenters. The molecule has 9 heteroatoms. The second-order valence-corrected chi connectivity index (χ2v) is 15.9. The number of benzene rings is 9. The number of hydrogen-bond donors (Lipinski definition) is 0. The lowest BCUT2D eigenvalue weighted by Gasteiger charge is -2.28. The van der Waals surface area contributed by atoms with Crippen LogP contribution in [0.25, 0.3) is 98.4 Å². The minimum absolute atomic E-state index is 0.920. The summed E-state index contributed by atoms with van der Waals surface area (Å²) < 4.78 is 6.54. The highest BCUT2D eigenvalue weighted by Crippen LogP contribution is 2.44. The summed E-state index contributed by atoms with van der Waals surface area (Å²) in [5.41, 5.74) is 20.3. The molecule has 1 nitrogen and oxygen atoms in total. The first-order chi connectivity index (χ1) is 26.6. The van der Waals surface area contributed by atoms with Crippen molar-refractivity contribution in [1.82, 2.24) is 0 Å². The third-order valence-electron chi connectivity index (χ3n) is 13.2. The Morgan fingerprint density at radius 3 is 1.40 bits per heavy atom. The molecule has 1 heterocycles. The maximum Gasteiger partial charge on any atom is 0.139 e. The van der Waals surface area contributed by atoms with Crippen LogP contribution in [0.15, 0.2) is 126 Å². The molecule has 0 saturated carbocycles. The molecule has 0 atom stereocenters. The van der Waals surface area contributed by atoms with Gasteiger partial charge in [0.15, 0.2) is 0 Å². The average Bonchev–Trinajstić information content (AvgIpc) is 3.57. The second-order valence-electron chi connectivity index (χ2n) is 15.9. The van der Waals surface area contributed by atoms with Crippen LogP contribution in [0.2, 0.25) is 0 Å². The molecule has 9 aromatic carbocycles. The lowest BCUT2D eigenvalue weighted by Crippen LogP contribution is -2.50. The Hall–Kier alpha value is -5.66. The molecule has 0 amide bonds. The molecule has 0 bridgehead atoms. The van der Waals surface area contributed by atoms with Gasteiger partial charge >= 0.3 is 0 Å². The molecule has 0 saturated heterocycles. The van der Waals surface area contributed by atoms with E-state index in [-0.39, 0.29) is 0 Å². The van der Waals surface area contributed by atoms with E-state index in [1.807, 2.05) is 0 Å². The van der Waals surface area contributed by atoms with Crippen molar-refractivity contribution < 1.29 is 4.42 Å². The number of furan rings is 1. The zero-order chi connectivity index (χ0) is 37.9. The van der Waals surface area contributed by atoms with Crippen LogP contribution < -0.4 is 43.7 Å². The fraction of sp³-hybridized carbons (Fsp3) is 0. The summed E-state index contributed by atoms with van der Waals surface area (Å²) in [5, 5.41) is 12.7. The third kappa shape index (κ3) is 4.91. The average molecular weight is 691 g/mol. The van der Waals surface area contributed by atoms with Crippen molar-refractivity contribution in [2.24, 2.45) is 0 Å². The second kappa shape index (κ2) is 12.4. The summed E-state index contributed by atoms with van der Waals surface area (Å²) in [4.78, 5) is 0. The fourth-order valence-corrected chi connectivity index (χ4v) is 9.63. The maximum atomic E-state index is 6.54. The largest absolute Gasteiger partial charge is 0.456 e. The van der Waals surface area contributed by atoms with Gasteiger partial charge in [-0.25, -0.2) is 0 Å². The lowest BCUT2D eigenvalue weighted by molar-refractivity contribution is 0.669. The van der Waals surface area contributed by atoms with E-state index >= 15 is 0 Å². The van der Waals surface area contributed by atoms with Crippen LogP contribution in [0, 0.1) is 0 Å². The lowest BCUT2D eigenvalue weighted by atomic mass is 9.59. The summed E-state index contributed by atoms with van der Waals surface area (Å²) in [5.74, 6) is 0. The van der Waals surface area contributed by atoms with Gasteiger partial charge in [-0.2, -0.15) is 0 Å². The first-order valence-electron chi connectivity index (χ1n) is 19.5. The molecule has 0 radical (unpaired) electrons. The zero-order valence-electron chi connectivity index (χ0n) is 33.0. The molecule has 1 aromatic heterocycles. The van der Waals surface area contributed by atoms with Crippen LogP contribution in [0.3, 0.4) is 0 Å². The van der Waals surface area contributed by atoms with Gasteiger partial charge in [0.05, 0.1) is 0 Å². The van der Waals surface area contributed by atoms with Crippen molar-refractivity contribution >= 4 is 172 Å². The van der Waals surface area contributed by atoms with Crippen LogP contribution in [0.5, 0.6) is 0 Å². The Bertz CT molecular complexity index is 3220. The van der Waals surface area contributed by atoms with Crippen LogP contribution in [-0.2, 0) is 0 Å². The molecule has 10 aromatic rings. The van der Waals surface area contributed by atoms with Gasteiger partial charge < -0.3 is 4.42 Å². The molecule has 0 aliphatic carbocycles. The minimum Gasteiger partial charge on any atom is -0.456 e. The summed E-state index contributed by atoms with van der Waals surface area (Å²) in [6.07, 6.45) is 0. The van der Waals surface area contributed by atoms with E-state index in [9.17, 15) is 0 Å². The van der Waals surface area contributed by atoms with Gasteiger partial charge in [0.1, 0.15) is 73.9 Å². The van der Waals surface area contributed by atoms with Crippen LogP contribution in [0.1, 0.15) is 0 Å². The van der Waals surface area contributed by atoms with E-state index in [1.54, 1.807) is 0 Å². The molecule has 0 aliphatic rings. The normalized spacial score (nSPS) is 11.9. The van der Waals surface area contributed by atoms with E-state index in [2.05, 4.69) is 184 Å². The van der Waals surface area contributed by atoms with Crippen molar-refractivity contribution in [1.29, 1.82) is 0 Å². The van der Waals surface area contributed by atoms with E-state index < -0.39 is 0 Å². The Balaban J connectivity index is 1.42. The first kappa shape index (κ1) is 33.9. The van der Waals surface area contributed by atoms with Crippen molar-refractivity contribution in [3.63, 3.8) is 0 Å². The predicted octanol–water partition coefficient (Wildman–Crippen LogP) is -0.733. The third-order valence-corrected chi connectivity index (χ3v) is 13.2. The quantitative estimate of drug-likeness (QED) is 0.176. The Labute approximate surface area is 329 Å². The van der Waals surface area contributed by atoms with Crippen LogP contribution in [0.4, 0.5) is 0 Å². The van der Waals surface area contributed by atoms with E-state index in [1.165, 1.54) is 120 Å². The van der Waals surface area contributed by atoms with Gasteiger partial charge in [-0.1, -0.05) is 107 Å². The van der Waals surface area contributed by atoms with Crippen LogP contribution in [-0.4, -0.2) is 62.8 Å². The summed E-state index contributed by atoms with van der Waals surface area (Å²) in [6, 6.07) is 44.7. The van der Waals surface area contributed by atoms with E-state index in [4.69, 9.17) is 4.42 Å². The highest BCUT2D eigenvalue weighted by molar-refractivity contribution is 6.71. The number of fused-ring (bicyclic) bond motifs is 7. The van der Waals surface area contributed by atoms with Crippen molar-refractivity contribution in [3.05, 3.63) is 121 Å². The zero-order valence-corrected chi connectivity index (χ0v) is 33.0. The topological polar surface area (TPSA) is 13.1 Å². The summed E-state index contributed by atoms with van der Waals surface area (Å²) in [7, 11) is 18.6. The van der Waals surface area contributed by atoms with Gasteiger partial charge in [0.25, 0.3) is 0 Å². The molecular weight excluding hydrogens is 655 g/mol. The summed E-state index contributed by atoms with van der Waals surface area (Å²) in [6.45, 7) is 0. The number of rotatable bonds is 3. The van der Waals surface area contributed by atoms with Crippen molar-refractivity contribution in [2.45, 2.75) is 0 Å². The smallest absolute Gasteiger partial charge is 0.139 e. The number of hydrogen-bond acceptors (Lipinski definition) is 1. The SMILES string of the molecule is Bc1c(B)c(B)c2c(-c3ccc4oc5cc6ccccc6cc5c4c3)c3c(B)c(B)c(B)c(B)c3c(-c3cc(-c4ccccc4)c4ccccc4c3)c2c1B. The van der Waals surface area contributed by atoms with Crippen molar-refractivity contribution in [2.75, 3.05) is 0 Å². The minimum atomic E-state index is 0.920. The standard InChI is InChI=1S/C46H36B8O/c47-39-35-33(25-14-15-31-29(18-25)30-17-22-10-4-5-11-23(22)20-32(30)55-31)36-38(42(50)46(54)44(52)40(36)48)34(37(35)41(49)45(53)43(39)51)26-16-24-12-6-7-13-27(24)28(19-26)21-8-2-1-3-9-21/h1-20H,47-54H2. The first-order valence-corrected chi connectivity index (χ1v) is 19.5. The van der Waals surface area contributed by atoms with E-state index in [0.717, 1.165) is 21.9 Å². The Morgan fingerprint density at radius 2 is 0.800 bits per heavy atom. The molecule has 55 heavy (non-hydrogen) atoms. The monoisotopic (exact) mass is 692 g/mol. The molecule has 0 aliphatic heterocycles. The van der Waals surface area contributed by atoms with Gasteiger partial charge in [-0.15, -0.1) is 21.9 Å². The Kier molecular flexibility index (Phi) is 7.66. The molecule has 0 N–H and O–H groups in total.